The Balaban J connectivity index is 0.000000176. The Kier molecular flexibility index (Phi) is 14.9. The van der Waals surface area contributed by atoms with Crippen molar-refractivity contribution in [2.45, 2.75) is 122 Å². The molecule has 0 bridgehead atoms. The first kappa shape index (κ1) is 51.2. The molecule has 0 N–H and O–H groups in total. The first-order valence-electron chi connectivity index (χ1n) is 25.6. The van der Waals surface area contributed by atoms with E-state index in [1.54, 1.807) is 0 Å². The van der Waals surface area contributed by atoms with Gasteiger partial charge in [0.15, 0.2) is 0 Å². The van der Waals surface area contributed by atoms with Gasteiger partial charge in [0.05, 0.1) is 18.8 Å². The van der Waals surface area contributed by atoms with Crippen molar-refractivity contribution in [1.29, 1.82) is 0 Å². The van der Waals surface area contributed by atoms with Crippen molar-refractivity contribution in [3.63, 3.8) is 0 Å². The predicted octanol–water partition coefficient (Wildman–Crippen LogP) is 12.5. The maximum absolute atomic E-state index is 15.7. The van der Waals surface area contributed by atoms with Crippen LogP contribution >= 0.6 is 0 Å². The van der Waals surface area contributed by atoms with Crippen molar-refractivity contribution in [2.24, 2.45) is 5.92 Å². The lowest BCUT2D eigenvalue weighted by Gasteiger charge is -2.44. The molecule has 0 saturated carbocycles. The third kappa shape index (κ3) is 11.0. The molecule has 10 rings (SSSR count). The van der Waals surface area contributed by atoms with E-state index in [0.29, 0.717) is 38.9 Å². The molecule has 4 aromatic rings. The molecule has 4 atom stereocenters. The van der Waals surface area contributed by atoms with Crippen LogP contribution < -0.4 is 9.47 Å². The fourth-order valence-electron chi connectivity index (χ4n) is 12.0. The number of rotatable bonds is 15. The SMILES string of the molecule is CCCN1CC(Oc2cc(F)c([C@@H]3C4=C(C[C@@H](C)N3CC(C)(C)F)c3ccccc3C4)c(F)c2)C1.C[C@@H]1CC2=C(Cc3ccccc32)[C@@H](c2c(F)cc(OCCN3CC(CF)C3)cc2F)N1CC(C)(C)F. The van der Waals surface area contributed by atoms with Gasteiger partial charge in [-0.15, -0.1) is 0 Å². The summed E-state index contributed by atoms with van der Waals surface area (Å²) in [6.07, 6.45) is 3.68. The first-order valence-corrected chi connectivity index (χ1v) is 25.6. The van der Waals surface area contributed by atoms with Crippen molar-refractivity contribution in [2.75, 3.05) is 65.6 Å². The standard InChI is InChI=1S/C29H34F4N2O.C29H35F3N2O/c1-18-10-23-22-7-5-4-6-20(22)11-24(23)28(35(18)17-29(2,3)33)27-25(31)12-21(13-26(27)32)36-9-8-34-15-19(14-30)16-34;1-5-10-33-15-21(16-33)35-20-13-25(30)27(26(31)14-20)28-24-12-19-8-6-7-9-22(19)23(24)11-18(2)34(28)17-29(3,4)32/h4-7,12-13,18-19,28H,8-11,14-17H2,1-3H3;6-9,13-14,18,21,28H,5,10-12,15-17H2,1-4H3/t2*18-,28+/m11/s1. The van der Waals surface area contributed by atoms with Crippen LogP contribution in [-0.2, 0) is 12.8 Å². The number of halogens is 7. The van der Waals surface area contributed by atoms with E-state index in [-0.39, 0.29) is 73.1 Å². The maximum Gasteiger partial charge on any atom is 0.134 e. The van der Waals surface area contributed by atoms with Crippen LogP contribution in [0.15, 0.2) is 83.9 Å². The van der Waals surface area contributed by atoms with Gasteiger partial charge in [-0.1, -0.05) is 55.5 Å². The van der Waals surface area contributed by atoms with Gasteiger partial charge in [-0.25, -0.2) is 26.3 Å². The third-order valence-electron chi connectivity index (χ3n) is 15.1. The minimum atomic E-state index is -1.52. The van der Waals surface area contributed by atoms with E-state index in [2.05, 4.69) is 41.0 Å². The molecule has 382 valence electrons. The van der Waals surface area contributed by atoms with Crippen molar-refractivity contribution in [3.8, 4) is 11.5 Å². The quantitative estimate of drug-likeness (QED) is 0.110. The van der Waals surface area contributed by atoms with Crippen molar-refractivity contribution in [1.82, 2.24) is 19.6 Å². The Labute approximate surface area is 415 Å². The lowest BCUT2D eigenvalue weighted by molar-refractivity contribution is 0.0197. The van der Waals surface area contributed by atoms with Gasteiger partial charge >= 0.3 is 0 Å². The number of likely N-dealkylation sites (tertiary alicyclic amines) is 2. The molecule has 4 aromatic carbocycles. The molecule has 13 heteroatoms. The molecule has 0 radical (unpaired) electrons. The molecular weight excluding hydrogens is 918 g/mol. The zero-order chi connectivity index (χ0) is 50.5. The van der Waals surface area contributed by atoms with Gasteiger partial charge in [-0.3, -0.25) is 24.0 Å². The molecule has 2 aliphatic carbocycles. The summed E-state index contributed by atoms with van der Waals surface area (Å²) in [5, 5.41) is 0. The highest BCUT2D eigenvalue weighted by Gasteiger charge is 2.45. The molecule has 71 heavy (non-hydrogen) atoms. The summed E-state index contributed by atoms with van der Waals surface area (Å²) >= 11 is 0. The molecule has 6 aliphatic rings. The summed E-state index contributed by atoms with van der Waals surface area (Å²) in [6, 6.07) is 19.8. The lowest BCUT2D eigenvalue weighted by Crippen LogP contribution is -2.53. The Morgan fingerprint density at radius 3 is 1.48 bits per heavy atom. The number of alkyl halides is 3. The third-order valence-corrected chi connectivity index (χ3v) is 15.1. The minimum absolute atomic E-state index is 0.00493. The number of ether oxygens (including phenoxy) is 2. The van der Waals surface area contributed by atoms with E-state index in [1.165, 1.54) is 57.5 Å². The fraction of sp³-hybridized carbons (Fsp3) is 0.517. The first-order chi connectivity index (χ1) is 33.8. The van der Waals surface area contributed by atoms with E-state index >= 15 is 17.6 Å². The highest BCUT2D eigenvalue weighted by molar-refractivity contribution is 5.80. The highest BCUT2D eigenvalue weighted by atomic mass is 19.2. The van der Waals surface area contributed by atoms with Crippen LogP contribution in [0, 0.1) is 29.2 Å². The van der Waals surface area contributed by atoms with Crippen molar-refractivity contribution < 1.29 is 40.2 Å². The number of benzene rings is 4. The van der Waals surface area contributed by atoms with Crippen LogP contribution in [0.4, 0.5) is 30.7 Å². The van der Waals surface area contributed by atoms with Crippen molar-refractivity contribution in [3.05, 3.63) is 141 Å². The number of nitrogens with zero attached hydrogens (tertiary/aromatic N) is 4. The number of hydrogen-bond donors (Lipinski definition) is 0. The lowest BCUT2D eigenvalue weighted by atomic mass is 9.84. The van der Waals surface area contributed by atoms with Crippen LogP contribution in [0.2, 0.25) is 0 Å². The summed E-state index contributed by atoms with van der Waals surface area (Å²) in [7, 11) is 0. The van der Waals surface area contributed by atoms with Gasteiger partial charge in [0.25, 0.3) is 0 Å². The fourth-order valence-corrected chi connectivity index (χ4v) is 12.0. The summed E-state index contributed by atoms with van der Waals surface area (Å²) in [4.78, 5) is 8.17. The molecule has 2 saturated heterocycles. The van der Waals surface area contributed by atoms with Gasteiger partial charge in [0.1, 0.15) is 58.8 Å². The normalized spacial score (nSPS) is 23.1. The van der Waals surface area contributed by atoms with Crippen LogP contribution in [0.25, 0.3) is 11.1 Å². The smallest absolute Gasteiger partial charge is 0.134 e. The second-order valence-corrected chi connectivity index (χ2v) is 22.1. The van der Waals surface area contributed by atoms with Crippen LogP contribution in [0.5, 0.6) is 11.5 Å². The average molecular weight is 987 g/mol. The Morgan fingerprint density at radius 2 is 1.04 bits per heavy atom. The molecule has 4 heterocycles. The minimum Gasteiger partial charge on any atom is -0.492 e. The summed E-state index contributed by atoms with van der Waals surface area (Å²) < 4.78 is 117. The molecule has 0 amide bonds. The van der Waals surface area contributed by atoms with E-state index in [0.717, 1.165) is 71.5 Å². The Bertz CT molecular complexity index is 2600. The van der Waals surface area contributed by atoms with Crippen LogP contribution in [-0.4, -0.2) is 115 Å². The largest absolute Gasteiger partial charge is 0.492 e. The predicted molar refractivity (Wildman–Crippen MR) is 267 cm³/mol. The van der Waals surface area contributed by atoms with Crippen molar-refractivity contribution >= 4 is 11.1 Å². The monoisotopic (exact) mass is 987 g/mol. The topological polar surface area (TPSA) is 31.4 Å². The second kappa shape index (κ2) is 20.7. The van der Waals surface area contributed by atoms with E-state index in [9.17, 15) is 13.2 Å². The molecule has 6 nitrogen and oxygen atoms in total. The van der Waals surface area contributed by atoms with Crippen LogP contribution in [0.1, 0.15) is 113 Å². The summed E-state index contributed by atoms with van der Waals surface area (Å²) in [6.45, 7) is 16.8. The van der Waals surface area contributed by atoms with Gasteiger partial charge in [0.2, 0.25) is 0 Å². The highest BCUT2D eigenvalue weighted by Crippen LogP contribution is 2.52. The Morgan fingerprint density at radius 1 is 0.606 bits per heavy atom. The number of hydrogen-bond acceptors (Lipinski definition) is 6. The van der Waals surface area contributed by atoms with Gasteiger partial charge in [0, 0.05) is 99.2 Å². The zero-order valence-corrected chi connectivity index (χ0v) is 42.3. The molecule has 2 fully saturated rings. The summed E-state index contributed by atoms with van der Waals surface area (Å²) in [5.74, 6) is -2.21. The molecule has 0 unspecified atom stereocenters. The number of fused-ring (bicyclic) bond motifs is 4. The second-order valence-electron chi connectivity index (χ2n) is 22.1. The molecule has 0 spiro atoms. The molecular formula is C58H69F7N4O2. The zero-order valence-electron chi connectivity index (χ0n) is 42.3. The maximum atomic E-state index is 15.7. The Hall–Kier alpha value is -4.69. The molecule has 4 aliphatic heterocycles. The van der Waals surface area contributed by atoms with Crippen LogP contribution in [0.3, 0.4) is 0 Å². The average Bonchev–Trinajstić information content (AvgIpc) is 3.82. The van der Waals surface area contributed by atoms with Gasteiger partial charge < -0.3 is 9.47 Å². The van der Waals surface area contributed by atoms with E-state index < -0.39 is 46.7 Å². The van der Waals surface area contributed by atoms with Gasteiger partial charge in [-0.2, -0.15) is 0 Å². The van der Waals surface area contributed by atoms with E-state index in [1.807, 2.05) is 47.9 Å². The van der Waals surface area contributed by atoms with Gasteiger partial charge in [-0.05, 0) is 125 Å². The molecule has 0 aromatic heterocycles. The summed E-state index contributed by atoms with van der Waals surface area (Å²) in [5.41, 5.74) is 5.71. The van der Waals surface area contributed by atoms with E-state index in [4.69, 9.17) is 9.47 Å².